The largest absolute Gasteiger partial charge is 0.339 e. The Labute approximate surface area is 108 Å². The van der Waals surface area contributed by atoms with Gasteiger partial charge >= 0.3 is 0 Å². The Hall–Kier alpha value is -1.64. The van der Waals surface area contributed by atoms with Crippen molar-refractivity contribution in [3.05, 3.63) is 41.7 Å². The zero-order valence-corrected chi connectivity index (χ0v) is 11.0. The van der Waals surface area contributed by atoms with Gasteiger partial charge in [0.2, 0.25) is 5.91 Å². The molecule has 0 saturated heterocycles. The summed E-state index contributed by atoms with van der Waals surface area (Å²) in [6.45, 7) is 5.58. The van der Waals surface area contributed by atoms with E-state index in [-0.39, 0.29) is 11.7 Å². The second kappa shape index (κ2) is 7.64. The fourth-order valence-electron chi connectivity index (χ4n) is 1.62. The normalized spacial score (nSPS) is 10.8. The summed E-state index contributed by atoms with van der Waals surface area (Å²) in [6.07, 6.45) is 5.36. The molecule has 0 fully saturated rings. The lowest BCUT2D eigenvalue weighted by atomic mass is 10.2. The van der Waals surface area contributed by atoms with Gasteiger partial charge in [-0.1, -0.05) is 25.5 Å². The molecule has 0 aliphatic carbocycles. The SMILES string of the molecule is CCCCN(CC)C(=O)/C=C/c1ccc(F)cc1. The number of unbranched alkanes of at least 4 members (excludes halogenated alkanes) is 1. The lowest BCUT2D eigenvalue weighted by molar-refractivity contribution is -0.125. The van der Waals surface area contributed by atoms with Crippen molar-refractivity contribution in [2.75, 3.05) is 13.1 Å². The smallest absolute Gasteiger partial charge is 0.246 e. The molecule has 0 N–H and O–H groups in total. The molecule has 1 rings (SSSR count). The van der Waals surface area contributed by atoms with E-state index < -0.39 is 0 Å². The molecule has 0 unspecified atom stereocenters. The number of amides is 1. The van der Waals surface area contributed by atoms with Crippen LogP contribution in [0.15, 0.2) is 30.3 Å². The Kier molecular flexibility index (Phi) is 6.12. The van der Waals surface area contributed by atoms with Crippen molar-refractivity contribution in [2.45, 2.75) is 26.7 Å². The van der Waals surface area contributed by atoms with Gasteiger partial charge in [-0.25, -0.2) is 4.39 Å². The first-order chi connectivity index (χ1) is 8.67. The van der Waals surface area contributed by atoms with Crippen LogP contribution in [-0.2, 0) is 4.79 Å². The second-order valence-corrected chi connectivity index (χ2v) is 4.16. The van der Waals surface area contributed by atoms with Crippen molar-refractivity contribution in [2.24, 2.45) is 0 Å². The zero-order chi connectivity index (χ0) is 13.4. The van der Waals surface area contributed by atoms with E-state index >= 15 is 0 Å². The standard InChI is InChI=1S/C15H20FNO/c1-3-5-12-17(4-2)15(18)11-8-13-6-9-14(16)10-7-13/h6-11H,3-5,12H2,1-2H3/b11-8+. The van der Waals surface area contributed by atoms with Gasteiger partial charge in [0.25, 0.3) is 0 Å². The molecule has 0 radical (unpaired) electrons. The first-order valence-electron chi connectivity index (χ1n) is 6.40. The van der Waals surface area contributed by atoms with Gasteiger partial charge in [-0.2, -0.15) is 0 Å². The summed E-state index contributed by atoms with van der Waals surface area (Å²) in [5.41, 5.74) is 0.830. The van der Waals surface area contributed by atoms with Gasteiger partial charge in [0, 0.05) is 19.2 Å². The molecule has 2 nitrogen and oxygen atoms in total. The van der Waals surface area contributed by atoms with E-state index in [1.165, 1.54) is 12.1 Å². The van der Waals surface area contributed by atoms with Crippen LogP contribution in [0.25, 0.3) is 6.08 Å². The number of hydrogen-bond acceptors (Lipinski definition) is 1. The fourth-order valence-corrected chi connectivity index (χ4v) is 1.62. The molecular formula is C15H20FNO. The van der Waals surface area contributed by atoms with Crippen molar-refractivity contribution in [1.82, 2.24) is 4.90 Å². The van der Waals surface area contributed by atoms with Crippen molar-refractivity contribution in [3.8, 4) is 0 Å². The lowest BCUT2D eigenvalue weighted by Crippen LogP contribution is -2.30. The van der Waals surface area contributed by atoms with Crippen molar-refractivity contribution in [1.29, 1.82) is 0 Å². The minimum absolute atomic E-state index is 0.00951. The summed E-state index contributed by atoms with van der Waals surface area (Å²) < 4.78 is 12.7. The van der Waals surface area contributed by atoms with E-state index in [9.17, 15) is 9.18 Å². The average molecular weight is 249 g/mol. The lowest BCUT2D eigenvalue weighted by Gasteiger charge is -2.18. The molecule has 0 atom stereocenters. The molecular weight excluding hydrogens is 229 g/mol. The first kappa shape index (κ1) is 14.4. The van der Waals surface area contributed by atoms with E-state index in [1.807, 2.05) is 11.8 Å². The Morgan fingerprint density at radius 2 is 1.94 bits per heavy atom. The molecule has 0 aliphatic rings. The Balaban J connectivity index is 2.59. The first-order valence-corrected chi connectivity index (χ1v) is 6.40. The molecule has 1 aromatic rings. The number of rotatable bonds is 6. The highest BCUT2D eigenvalue weighted by Crippen LogP contribution is 2.05. The third-order valence-corrected chi connectivity index (χ3v) is 2.76. The van der Waals surface area contributed by atoms with Crippen LogP contribution in [0.1, 0.15) is 32.3 Å². The number of nitrogens with zero attached hydrogens (tertiary/aromatic N) is 1. The van der Waals surface area contributed by atoms with Crippen LogP contribution in [0.5, 0.6) is 0 Å². The molecule has 0 aliphatic heterocycles. The monoisotopic (exact) mass is 249 g/mol. The maximum Gasteiger partial charge on any atom is 0.246 e. The molecule has 0 aromatic heterocycles. The minimum atomic E-state index is -0.267. The van der Waals surface area contributed by atoms with Crippen LogP contribution in [0.4, 0.5) is 4.39 Å². The maximum atomic E-state index is 12.7. The van der Waals surface area contributed by atoms with E-state index in [4.69, 9.17) is 0 Å². The van der Waals surface area contributed by atoms with Gasteiger partial charge in [-0.05, 0) is 37.1 Å². The summed E-state index contributed by atoms with van der Waals surface area (Å²) in [4.78, 5) is 13.7. The molecule has 1 aromatic carbocycles. The number of carbonyl (C=O) groups is 1. The molecule has 1 amide bonds. The highest BCUT2D eigenvalue weighted by molar-refractivity contribution is 5.91. The number of likely N-dealkylation sites (N-methyl/N-ethyl adjacent to an activating group) is 1. The Morgan fingerprint density at radius 1 is 1.28 bits per heavy atom. The van der Waals surface area contributed by atoms with Gasteiger partial charge in [0.15, 0.2) is 0 Å². The third kappa shape index (κ3) is 4.70. The topological polar surface area (TPSA) is 20.3 Å². The van der Waals surface area contributed by atoms with Gasteiger partial charge < -0.3 is 4.90 Å². The summed E-state index contributed by atoms with van der Waals surface area (Å²) >= 11 is 0. The van der Waals surface area contributed by atoms with Crippen LogP contribution in [-0.4, -0.2) is 23.9 Å². The maximum absolute atomic E-state index is 12.7. The molecule has 0 bridgehead atoms. The van der Waals surface area contributed by atoms with E-state index in [2.05, 4.69) is 6.92 Å². The molecule has 98 valence electrons. The van der Waals surface area contributed by atoms with Crippen LogP contribution < -0.4 is 0 Å². The molecule has 0 spiro atoms. The molecule has 0 saturated carbocycles. The average Bonchev–Trinajstić information content (AvgIpc) is 2.39. The van der Waals surface area contributed by atoms with Gasteiger partial charge in [0.1, 0.15) is 5.82 Å². The Morgan fingerprint density at radius 3 is 2.50 bits per heavy atom. The second-order valence-electron chi connectivity index (χ2n) is 4.16. The molecule has 3 heteroatoms. The predicted molar refractivity (Wildman–Crippen MR) is 72.6 cm³/mol. The van der Waals surface area contributed by atoms with Crippen LogP contribution in [0.3, 0.4) is 0 Å². The third-order valence-electron chi connectivity index (χ3n) is 2.76. The number of halogens is 1. The summed E-state index contributed by atoms with van der Waals surface area (Å²) in [7, 11) is 0. The fraction of sp³-hybridized carbons (Fsp3) is 0.400. The molecule has 0 heterocycles. The number of carbonyl (C=O) groups excluding carboxylic acids is 1. The van der Waals surface area contributed by atoms with Gasteiger partial charge in [0.05, 0.1) is 0 Å². The van der Waals surface area contributed by atoms with Gasteiger partial charge in [-0.3, -0.25) is 4.79 Å². The van der Waals surface area contributed by atoms with Crippen molar-refractivity contribution < 1.29 is 9.18 Å². The minimum Gasteiger partial charge on any atom is -0.339 e. The Bertz CT molecular complexity index is 397. The summed E-state index contributed by atoms with van der Waals surface area (Å²) in [6, 6.07) is 6.08. The number of benzene rings is 1. The summed E-state index contributed by atoms with van der Waals surface area (Å²) in [5.74, 6) is -0.258. The van der Waals surface area contributed by atoms with Crippen LogP contribution in [0, 0.1) is 5.82 Å². The number of hydrogen-bond donors (Lipinski definition) is 0. The highest BCUT2D eigenvalue weighted by atomic mass is 19.1. The van der Waals surface area contributed by atoms with E-state index in [0.717, 1.165) is 24.9 Å². The predicted octanol–water partition coefficient (Wildman–Crippen LogP) is 3.49. The van der Waals surface area contributed by atoms with Gasteiger partial charge in [-0.15, -0.1) is 0 Å². The van der Waals surface area contributed by atoms with Crippen LogP contribution >= 0.6 is 0 Å². The van der Waals surface area contributed by atoms with E-state index in [0.29, 0.717) is 6.54 Å². The van der Waals surface area contributed by atoms with E-state index in [1.54, 1.807) is 24.3 Å². The van der Waals surface area contributed by atoms with Crippen molar-refractivity contribution >= 4 is 12.0 Å². The summed E-state index contributed by atoms with van der Waals surface area (Å²) in [5, 5.41) is 0. The quantitative estimate of drug-likeness (QED) is 0.707. The van der Waals surface area contributed by atoms with Crippen LogP contribution in [0.2, 0.25) is 0 Å². The van der Waals surface area contributed by atoms with Crippen molar-refractivity contribution in [3.63, 3.8) is 0 Å². The zero-order valence-electron chi connectivity index (χ0n) is 11.0. The highest BCUT2D eigenvalue weighted by Gasteiger charge is 2.06. The molecule has 18 heavy (non-hydrogen) atoms.